The maximum absolute atomic E-state index is 12.3. The van der Waals surface area contributed by atoms with Gasteiger partial charge in [-0.3, -0.25) is 9.69 Å². The van der Waals surface area contributed by atoms with E-state index in [-0.39, 0.29) is 5.91 Å². The molecule has 0 spiro atoms. The monoisotopic (exact) mass is 303 g/mol. The third kappa shape index (κ3) is 3.63. The number of nitriles is 1. The van der Waals surface area contributed by atoms with Crippen molar-refractivity contribution in [1.29, 1.82) is 5.26 Å². The number of thiophene rings is 1. The summed E-state index contributed by atoms with van der Waals surface area (Å²) in [6.07, 6.45) is 4.45. The van der Waals surface area contributed by atoms with Gasteiger partial charge in [0.2, 0.25) is 5.91 Å². The lowest BCUT2D eigenvalue weighted by atomic mass is 9.98. The van der Waals surface area contributed by atoms with Crippen LogP contribution in [0.4, 0.5) is 0 Å². The van der Waals surface area contributed by atoms with Crippen molar-refractivity contribution in [2.45, 2.75) is 50.7 Å². The number of hydrogen-bond donors (Lipinski definition) is 1. The Bertz CT molecular complexity index is 542. The second-order valence-corrected chi connectivity index (χ2v) is 7.38. The zero-order chi connectivity index (χ0) is 14.9. The Kier molecular flexibility index (Phi) is 4.01. The zero-order valence-electron chi connectivity index (χ0n) is 12.3. The minimum atomic E-state index is -0.685. The molecule has 1 unspecified atom stereocenters. The van der Waals surface area contributed by atoms with E-state index in [0.29, 0.717) is 18.5 Å². The molecule has 0 aromatic carbocycles. The van der Waals surface area contributed by atoms with Gasteiger partial charge >= 0.3 is 0 Å². The summed E-state index contributed by atoms with van der Waals surface area (Å²) >= 11 is 1.73. The topological polar surface area (TPSA) is 56.1 Å². The maximum atomic E-state index is 12.3. The van der Waals surface area contributed by atoms with Gasteiger partial charge in [0, 0.05) is 17.5 Å². The fourth-order valence-corrected chi connectivity index (χ4v) is 3.48. The van der Waals surface area contributed by atoms with Crippen LogP contribution in [0.15, 0.2) is 17.5 Å². The summed E-state index contributed by atoms with van der Waals surface area (Å²) in [5.74, 6) is 0.313. The largest absolute Gasteiger partial charge is 0.337 e. The van der Waals surface area contributed by atoms with E-state index < -0.39 is 5.54 Å². The van der Waals surface area contributed by atoms with Gasteiger partial charge in [0.15, 0.2) is 0 Å². The first-order valence-electron chi connectivity index (χ1n) is 7.59. The highest BCUT2D eigenvalue weighted by Gasteiger charge is 2.43. The number of nitrogens with one attached hydrogen (secondary N) is 1. The first-order chi connectivity index (χ1) is 10.1. The minimum Gasteiger partial charge on any atom is -0.337 e. The van der Waals surface area contributed by atoms with Crippen LogP contribution >= 0.6 is 11.3 Å². The van der Waals surface area contributed by atoms with E-state index in [9.17, 15) is 10.1 Å². The molecule has 1 heterocycles. The first-order valence-corrected chi connectivity index (χ1v) is 8.47. The van der Waals surface area contributed by atoms with Crippen LogP contribution in [0.25, 0.3) is 0 Å². The molecule has 21 heavy (non-hydrogen) atoms. The van der Waals surface area contributed by atoms with Crippen molar-refractivity contribution >= 4 is 17.2 Å². The predicted octanol–water partition coefficient (Wildman–Crippen LogP) is 2.52. The summed E-state index contributed by atoms with van der Waals surface area (Å²) in [5, 5.41) is 14.4. The molecule has 1 aromatic rings. The van der Waals surface area contributed by atoms with Gasteiger partial charge in [0.05, 0.1) is 12.6 Å². The Morgan fingerprint density at radius 1 is 1.52 bits per heavy atom. The molecule has 2 aliphatic rings. The van der Waals surface area contributed by atoms with Gasteiger partial charge in [-0.1, -0.05) is 6.07 Å². The smallest absolute Gasteiger partial charge is 0.235 e. The average molecular weight is 303 g/mol. The molecule has 112 valence electrons. The highest BCUT2D eigenvalue weighted by molar-refractivity contribution is 7.09. The molecule has 2 saturated carbocycles. The van der Waals surface area contributed by atoms with E-state index in [1.165, 1.54) is 17.7 Å². The van der Waals surface area contributed by atoms with Gasteiger partial charge in [-0.25, -0.2) is 0 Å². The van der Waals surface area contributed by atoms with Gasteiger partial charge in [0.25, 0.3) is 0 Å². The maximum Gasteiger partial charge on any atom is 0.235 e. The SMILES string of the molecule is CC(C#N)(NC(=O)CN(Cc1cccs1)C1CC1)C1CC1. The Morgan fingerprint density at radius 2 is 2.29 bits per heavy atom. The molecule has 0 aliphatic heterocycles. The van der Waals surface area contributed by atoms with Crippen LogP contribution < -0.4 is 5.32 Å². The highest BCUT2D eigenvalue weighted by atomic mass is 32.1. The average Bonchev–Trinajstić information content (AvgIpc) is 3.36. The van der Waals surface area contributed by atoms with Crippen LogP contribution in [-0.4, -0.2) is 28.9 Å². The van der Waals surface area contributed by atoms with Crippen LogP contribution in [0, 0.1) is 17.2 Å². The molecule has 4 nitrogen and oxygen atoms in total. The molecule has 0 saturated heterocycles. The van der Waals surface area contributed by atoms with Crippen LogP contribution in [0.5, 0.6) is 0 Å². The van der Waals surface area contributed by atoms with E-state index >= 15 is 0 Å². The van der Waals surface area contributed by atoms with Crippen molar-refractivity contribution in [3.63, 3.8) is 0 Å². The lowest BCUT2D eigenvalue weighted by molar-refractivity contribution is -0.124. The fourth-order valence-electron chi connectivity index (χ4n) is 2.75. The van der Waals surface area contributed by atoms with Crippen molar-refractivity contribution in [2.75, 3.05) is 6.54 Å². The van der Waals surface area contributed by atoms with Crippen LogP contribution in [0.3, 0.4) is 0 Å². The number of carbonyl (C=O) groups is 1. The number of carbonyl (C=O) groups excluding carboxylic acids is 1. The van der Waals surface area contributed by atoms with Crippen molar-refractivity contribution < 1.29 is 4.79 Å². The van der Waals surface area contributed by atoms with Gasteiger partial charge in [-0.2, -0.15) is 5.26 Å². The number of nitrogens with zero attached hydrogens (tertiary/aromatic N) is 2. The molecule has 1 N–H and O–H groups in total. The van der Waals surface area contributed by atoms with Gasteiger partial charge in [0.1, 0.15) is 5.54 Å². The van der Waals surface area contributed by atoms with Gasteiger partial charge in [-0.05, 0) is 50.0 Å². The summed E-state index contributed by atoms with van der Waals surface area (Å²) in [6.45, 7) is 3.08. The normalized spacial score (nSPS) is 20.8. The van der Waals surface area contributed by atoms with Crippen molar-refractivity contribution in [3.05, 3.63) is 22.4 Å². The molecule has 0 radical (unpaired) electrons. The summed E-state index contributed by atoms with van der Waals surface area (Å²) in [5.41, 5.74) is -0.685. The summed E-state index contributed by atoms with van der Waals surface area (Å²) in [7, 11) is 0. The molecule has 2 aliphatic carbocycles. The van der Waals surface area contributed by atoms with Gasteiger partial charge < -0.3 is 5.32 Å². The van der Waals surface area contributed by atoms with E-state index in [4.69, 9.17) is 0 Å². The Balaban J connectivity index is 1.58. The van der Waals surface area contributed by atoms with E-state index in [1.807, 2.05) is 13.0 Å². The third-order valence-electron chi connectivity index (χ3n) is 4.37. The van der Waals surface area contributed by atoms with E-state index in [0.717, 1.165) is 19.4 Å². The number of amides is 1. The van der Waals surface area contributed by atoms with Crippen LogP contribution in [0.2, 0.25) is 0 Å². The van der Waals surface area contributed by atoms with Crippen LogP contribution in [-0.2, 0) is 11.3 Å². The van der Waals surface area contributed by atoms with Crippen molar-refractivity contribution in [3.8, 4) is 6.07 Å². The second-order valence-electron chi connectivity index (χ2n) is 6.35. The zero-order valence-corrected chi connectivity index (χ0v) is 13.2. The second kappa shape index (κ2) is 5.78. The Morgan fingerprint density at radius 3 is 2.81 bits per heavy atom. The first kappa shape index (κ1) is 14.6. The molecule has 1 amide bonds. The number of hydrogen-bond acceptors (Lipinski definition) is 4. The Labute approximate surface area is 129 Å². The molecule has 2 fully saturated rings. The highest BCUT2D eigenvalue weighted by Crippen LogP contribution is 2.39. The van der Waals surface area contributed by atoms with Crippen molar-refractivity contribution in [2.24, 2.45) is 5.92 Å². The molecule has 1 aromatic heterocycles. The molecular weight excluding hydrogens is 282 g/mol. The predicted molar refractivity (Wildman–Crippen MR) is 82.6 cm³/mol. The Hall–Kier alpha value is -1.38. The summed E-state index contributed by atoms with van der Waals surface area (Å²) < 4.78 is 0. The van der Waals surface area contributed by atoms with E-state index in [1.54, 1.807) is 11.3 Å². The molecule has 3 rings (SSSR count). The molecular formula is C16H21N3OS. The molecule has 0 bridgehead atoms. The molecule has 1 atom stereocenters. The summed E-state index contributed by atoms with van der Waals surface area (Å²) in [6, 6.07) is 6.98. The minimum absolute atomic E-state index is 0.0191. The third-order valence-corrected chi connectivity index (χ3v) is 5.24. The van der Waals surface area contributed by atoms with Crippen molar-refractivity contribution in [1.82, 2.24) is 10.2 Å². The number of rotatable bonds is 7. The van der Waals surface area contributed by atoms with Crippen LogP contribution in [0.1, 0.15) is 37.5 Å². The quantitative estimate of drug-likeness (QED) is 0.842. The lowest BCUT2D eigenvalue weighted by Gasteiger charge is -2.26. The summed E-state index contributed by atoms with van der Waals surface area (Å²) in [4.78, 5) is 15.9. The van der Waals surface area contributed by atoms with Gasteiger partial charge in [-0.15, -0.1) is 11.3 Å². The fraction of sp³-hybridized carbons (Fsp3) is 0.625. The molecule has 5 heteroatoms. The lowest BCUT2D eigenvalue weighted by Crippen LogP contribution is -2.50. The van der Waals surface area contributed by atoms with E-state index in [2.05, 4.69) is 27.7 Å². The standard InChI is InChI=1S/C16H21N3OS/c1-16(11-17,12-4-5-12)18-15(20)10-19(13-6-7-13)9-14-3-2-8-21-14/h2-3,8,12-13H,4-7,9-10H2,1H3,(H,18,20).